The average Bonchev–Trinajstić information content (AvgIpc) is 3.15. The van der Waals surface area contributed by atoms with Crippen molar-refractivity contribution in [1.82, 2.24) is 25.2 Å². The molecule has 0 atom stereocenters. The third kappa shape index (κ3) is 3.23. The summed E-state index contributed by atoms with van der Waals surface area (Å²) in [4.78, 5) is 29.1. The van der Waals surface area contributed by atoms with Gasteiger partial charge in [-0.2, -0.15) is 15.4 Å². The molecule has 2 aromatic rings. The molecule has 2 heterocycles. The molecule has 7 heteroatoms. The van der Waals surface area contributed by atoms with E-state index >= 15 is 0 Å². The van der Waals surface area contributed by atoms with Gasteiger partial charge < -0.3 is 9.80 Å². The average molecular weight is 341 g/mol. The molecular formula is C18H23N5O2. The number of H-pyrrole nitrogens is 1. The molecule has 7 nitrogen and oxygen atoms in total. The summed E-state index contributed by atoms with van der Waals surface area (Å²) >= 11 is 0. The molecule has 0 unspecified atom stereocenters. The number of nitrogens with one attached hydrogen (secondary N) is 1. The molecule has 0 radical (unpaired) electrons. The zero-order chi connectivity index (χ0) is 17.2. The van der Waals surface area contributed by atoms with Gasteiger partial charge in [-0.25, -0.2) is 0 Å². The zero-order valence-electron chi connectivity index (χ0n) is 14.3. The molecule has 25 heavy (non-hydrogen) atoms. The smallest absolute Gasteiger partial charge is 0.254 e. The topological polar surface area (TPSA) is 82.2 Å². The van der Waals surface area contributed by atoms with Gasteiger partial charge in [-0.15, -0.1) is 0 Å². The summed E-state index contributed by atoms with van der Waals surface area (Å²) in [5.41, 5.74) is 2.06. The van der Waals surface area contributed by atoms with Crippen molar-refractivity contribution in [2.24, 2.45) is 5.92 Å². The fraction of sp³-hybridized carbons (Fsp3) is 0.556. The maximum atomic E-state index is 12.7. The van der Waals surface area contributed by atoms with Crippen molar-refractivity contribution >= 4 is 22.8 Å². The Morgan fingerprint density at radius 3 is 2.36 bits per heavy atom. The molecule has 2 fully saturated rings. The van der Waals surface area contributed by atoms with Crippen LogP contribution in [0.4, 0.5) is 0 Å². The van der Waals surface area contributed by atoms with Gasteiger partial charge in [0.25, 0.3) is 5.91 Å². The number of carbonyl (C=O) groups excluding carboxylic acids is 2. The van der Waals surface area contributed by atoms with Crippen LogP contribution in [-0.4, -0.2) is 63.2 Å². The Balaban J connectivity index is 1.37. The summed E-state index contributed by atoms with van der Waals surface area (Å²) in [6, 6.07) is 5.35. The van der Waals surface area contributed by atoms with Crippen molar-refractivity contribution in [3.8, 4) is 0 Å². The molecule has 1 aliphatic heterocycles. The number of fused-ring (bicyclic) bond motifs is 1. The fourth-order valence-electron chi connectivity index (χ4n) is 3.89. The minimum atomic E-state index is -0.00494. The van der Waals surface area contributed by atoms with Crippen LogP contribution in [0, 0.1) is 5.92 Å². The van der Waals surface area contributed by atoms with Gasteiger partial charge >= 0.3 is 0 Å². The van der Waals surface area contributed by atoms with Crippen LogP contribution < -0.4 is 0 Å². The quantitative estimate of drug-likeness (QED) is 0.903. The molecule has 0 bridgehead atoms. The largest absolute Gasteiger partial charge is 0.339 e. The second-order valence-electron chi connectivity index (χ2n) is 6.98. The van der Waals surface area contributed by atoms with E-state index in [1.807, 2.05) is 9.80 Å². The van der Waals surface area contributed by atoms with Gasteiger partial charge in [-0.05, 0) is 31.0 Å². The van der Waals surface area contributed by atoms with Crippen molar-refractivity contribution in [1.29, 1.82) is 0 Å². The van der Waals surface area contributed by atoms with Crippen molar-refractivity contribution < 1.29 is 9.59 Å². The number of amides is 2. The van der Waals surface area contributed by atoms with Crippen molar-refractivity contribution in [2.45, 2.75) is 32.1 Å². The third-order valence-corrected chi connectivity index (χ3v) is 5.40. The van der Waals surface area contributed by atoms with Crippen LogP contribution in [0.5, 0.6) is 0 Å². The molecule has 0 spiro atoms. The van der Waals surface area contributed by atoms with E-state index in [9.17, 15) is 9.59 Å². The van der Waals surface area contributed by atoms with E-state index in [2.05, 4.69) is 15.4 Å². The normalized spacial score (nSPS) is 19.4. The zero-order valence-corrected chi connectivity index (χ0v) is 14.3. The first-order valence-corrected chi connectivity index (χ1v) is 9.11. The van der Waals surface area contributed by atoms with Crippen molar-refractivity contribution in [3.63, 3.8) is 0 Å². The molecule has 132 valence electrons. The Labute approximate surface area is 146 Å². The Morgan fingerprint density at radius 2 is 1.60 bits per heavy atom. The van der Waals surface area contributed by atoms with Gasteiger partial charge in [-0.1, -0.05) is 19.3 Å². The summed E-state index contributed by atoms with van der Waals surface area (Å²) < 4.78 is 0. The molecular weight excluding hydrogens is 318 g/mol. The summed E-state index contributed by atoms with van der Waals surface area (Å²) in [6.45, 7) is 2.45. The molecule has 2 amide bonds. The third-order valence-electron chi connectivity index (χ3n) is 5.40. The lowest BCUT2D eigenvalue weighted by atomic mass is 9.88. The maximum Gasteiger partial charge on any atom is 0.254 e. The number of aromatic amines is 1. The van der Waals surface area contributed by atoms with Gasteiger partial charge in [0, 0.05) is 37.7 Å². The Bertz CT molecular complexity index is 773. The molecule has 1 aliphatic carbocycles. The highest BCUT2D eigenvalue weighted by Crippen LogP contribution is 2.26. The summed E-state index contributed by atoms with van der Waals surface area (Å²) in [5, 5.41) is 10.6. The van der Waals surface area contributed by atoms with E-state index in [0.717, 1.165) is 18.4 Å². The van der Waals surface area contributed by atoms with E-state index in [1.54, 1.807) is 18.2 Å². The molecule has 1 saturated carbocycles. The molecule has 2 aliphatic rings. The van der Waals surface area contributed by atoms with Crippen LogP contribution in [0.25, 0.3) is 11.0 Å². The lowest BCUT2D eigenvalue weighted by Gasteiger charge is -2.37. The number of benzene rings is 1. The highest BCUT2D eigenvalue weighted by atomic mass is 16.2. The predicted octanol–water partition coefficient (Wildman–Crippen LogP) is 1.82. The van der Waals surface area contributed by atoms with Gasteiger partial charge in [0.15, 0.2) is 0 Å². The van der Waals surface area contributed by atoms with Crippen LogP contribution in [0.2, 0.25) is 0 Å². The van der Waals surface area contributed by atoms with Crippen LogP contribution >= 0.6 is 0 Å². The summed E-state index contributed by atoms with van der Waals surface area (Å²) in [7, 11) is 0. The molecule has 1 saturated heterocycles. The first kappa shape index (κ1) is 16.1. The number of aromatic nitrogens is 3. The van der Waals surface area contributed by atoms with Gasteiger partial charge in [0.2, 0.25) is 5.91 Å². The number of hydrogen-bond donors (Lipinski definition) is 1. The minimum Gasteiger partial charge on any atom is -0.339 e. The predicted molar refractivity (Wildman–Crippen MR) is 92.9 cm³/mol. The second kappa shape index (κ2) is 6.82. The number of rotatable bonds is 2. The molecule has 4 rings (SSSR count). The van der Waals surface area contributed by atoms with E-state index < -0.39 is 0 Å². The molecule has 1 aromatic heterocycles. The van der Waals surface area contributed by atoms with Crippen LogP contribution in [0.1, 0.15) is 42.5 Å². The highest BCUT2D eigenvalue weighted by molar-refractivity contribution is 5.97. The Morgan fingerprint density at radius 1 is 0.920 bits per heavy atom. The van der Waals surface area contributed by atoms with Gasteiger partial charge in [-0.3, -0.25) is 9.59 Å². The van der Waals surface area contributed by atoms with E-state index in [0.29, 0.717) is 37.3 Å². The van der Waals surface area contributed by atoms with E-state index in [4.69, 9.17) is 0 Å². The minimum absolute atomic E-state index is 0.00494. The monoisotopic (exact) mass is 341 g/mol. The maximum absolute atomic E-state index is 12.7. The Kier molecular flexibility index (Phi) is 4.38. The standard InChI is InChI=1S/C18H23N5O2/c24-17(13-4-2-1-3-5-13)22-8-10-23(11-9-22)18(25)14-6-7-15-16(12-14)20-21-19-15/h6-7,12-13H,1-5,8-11H2,(H,19,20,21). The van der Waals surface area contributed by atoms with Gasteiger partial charge in [0.05, 0.1) is 0 Å². The summed E-state index contributed by atoms with van der Waals surface area (Å²) in [6.07, 6.45) is 5.63. The number of hydrogen-bond acceptors (Lipinski definition) is 4. The van der Waals surface area contributed by atoms with Crippen molar-refractivity contribution in [2.75, 3.05) is 26.2 Å². The lowest BCUT2D eigenvalue weighted by molar-refractivity contribution is -0.138. The first-order valence-electron chi connectivity index (χ1n) is 9.11. The van der Waals surface area contributed by atoms with E-state index in [-0.39, 0.29) is 17.7 Å². The van der Waals surface area contributed by atoms with Crippen LogP contribution in [-0.2, 0) is 4.79 Å². The van der Waals surface area contributed by atoms with Crippen LogP contribution in [0.3, 0.4) is 0 Å². The van der Waals surface area contributed by atoms with Gasteiger partial charge in [0.1, 0.15) is 11.0 Å². The first-order chi connectivity index (χ1) is 12.2. The summed E-state index contributed by atoms with van der Waals surface area (Å²) in [5.74, 6) is 0.482. The van der Waals surface area contributed by atoms with Crippen LogP contribution in [0.15, 0.2) is 18.2 Å². The Hall–Kier alpha value is -2.44. The number of piperazine rings is 1. The second-order valence-corrected chi connectivity index (χ2v) is 6.98. The molecule has 1 N–H and O–H groups in total. The fourth-order valence-corrected chi connectivity index (χ4v) is 3.89. The SMILES string of the molecule is O=C(c1ccc2n[nH]nc2c1)N1CCN(C(=O)C2CCCCC2)CC1. The lowest BCUT2D eigenvalue weighted by Crippen LogP contribution is -2.52. The molecule has 1 aromatic carbocycles. The highest BCUT2D eigenvalue weighted by Gasteiger charge is 2.30. The number of nitrogens with zero attached hydrogens (tertiary/aromatic N) is 4. The van der Waals surface area contributed by atoms with Crippen molar-refractivity contribution in [3.05, 3.63) is 23.8 Å². The van der Waals surface area contributed by atoms with E-state index in [1.165, 1.54) is 19.3 Å². The number of carbonyl (C=O) groups is 2.